The van der Waals surface area contributed by atoms with E-state index in [1.54, 1.807) is 0 Å². The van der Waals surface area contributed by atoms with Crippen LogP contribution in [0.25, 0.3) is 0 Å². The predicted octanol–water partition coefficient (Wildman–Crippen LogP) is 3.96. The molecule has 5 rings (SSSR count). The van der Waals surface area contributed by atoms with Crippen LogP contribution in [0.1, 0.15) is 65.2 Å². The van der Waals surface area contributed by atoms with Crippen LogP contribution in [0.3, 0.4) is 0 Å². The molecular formula is C18H29OS+. The van der Waals surface area contributed by atoms with Gasteiger partial charge in [0.2, 0.25) is 0 Å². The van der Waals surface area contributed by atoms with Crippen LogP contribution in [0.2, 0.25) is 0 Å². The van der Waals surface area contributed by atoms with E-state index in [9.17, 15) is 4.79 Å². The molecule has 0 N–H and O–H groups in total. The van der Waals surface area contributed by atoms with E-state index in [1.165, 1.54) is 62.9 Å². The maximum atomic E-state index is 13.5. The van der Waals surface area contributed by atoms with E-state index in [4.69, 9.17) is 0 Å². The van der Waals surface area contributed by atoms with Gasteiger partial charge in [0.05, 0.1) is 0 Å². The first-order valence-corrected chi connectivity index (χ1v) is 10.3. The summed E-state index contributed by atoms with van der Waals surface area (Å²) in [6, 6.07) is 0. The van der Waals surface area contributed by atoms with Crippen LogP contribution >= 0.6 is 0 Å². The minimum Gasteiger partial charge on any atom is -0.293 e. The number of hydrogen-bond donors (Lipinski definition) is 0. The Hall–Kier alpha value is 0.0200. The lowest BCUT2D eigenvalue weighted by Crippen LogP contribution is -2.57. The molecule has 0 radical (unpaired) electrons. The molecule has 1 aliphatic heterocycles. The van der Waals surface area contributed by atoms with E-state index in [-0.39, 0.29) is 10.2 Å². The molecule has 0 aromatic heterocycles. The van der Waals surface area contributed by atoms with Gasteiger partial charge < -0.3 is 0 Å². The summed E-state index contributed by atoms with van der Waals surface area (Å²) in [4.78, 5) is 13.5. The number of ketones is 1. The van der Waals surface area contributed by atoms with Crippen LogP contribution in [-0.2, 0) is 15.7 Å². The second-order valence-corrected chi connectivity index (χ2v) is 11.5. The molecule has 112 valence electrons. The molecule has 1 nitrogen and oxygen atoms in total. The highest BCUT2D eigenvalue weighted by molar-refractivity contribution is 7.99. The zero-order valence-electron chi connectivity index (χ0n) is 13.1. The fourth-order valence-electron chi connectivity index (χ4n) is 6.32. The van der Waals surface area contributed by atoms with E-state index >= 15 is 0 Å². The van der Waals surface area contributed by atoms with Crippen molar-refractivity contribution >= 4 is 16.7 Å². The van der Waals surface area contributed by atoms with Gasteiger partial charge in [0.15, 0.2) is 10.5 Å². The standard InChI is InChI=1S/C18H29OS/c1-17(2,20-5-3-4-6-20)16(19)18-10-13-7-14(11-18)9-15(8-13)12-18/h13-15H,3-12H2,1-2H3/q+1. The third-order valence-corrected chi connectivity index (χ3v) is 10.0. The van der Waals surface area contributed by atoms with Gasteiger partial charge in [-0.25, -0.2) is 0 Å². The first kappa shape index (κ1) is 13.7. The first-order chi connectivity index (χ1) is 9.49. The van der Waals surface area contributed by atoms with Crippen molar-refractivity contribution in [1.82, 2.24) is 0 Å². The second-order valence-electron chi connectivity index (χ2n) is 8.65. The fourth-order valence-corrected chi connectivity index (χ4v) is 9.13. The quantitative estimate of drug-likeness (QED) is 0.720. The van der Waals surface area contributed by atoms with Crippen LogP contribution in [0.4, 0.5) is 0 Å². The Morgan fingerprint density at radius 1 is 0.950 bits per heavy atom. The number of carbonyl (C=O) groups excluding carboxylic acids is 1. The maximum Gasteiger partial charge on any atom is 0.193 e. The summed E-state index contributed by atoms with van der Waals surface area (Å²) in [5.74, 6) is 6.03. The van der Waals surface area contributed by atoms with Crippen molar-refractivity contribution in [2.75, 3.05) is 11.5 Å². The molecule has 0 aromatic carbocycles. The number of carbonyl (C=O) groups is 1. The largest absolute Gasteiger partial charge is 0.293 e. The number of rotatable bonds is 3. The predicted molar refractivity (Wildman–Crippen MR) is 86.0 cm³/mol. The third kappa shape index (κ3) is 1.93. The van der Waals surface area contributed by atoms with E-state index in [0.29, 0.717) is 16.7 Å². The van der Waals surface area contributed by atoms with Gasteiger partial charge in [-0.05, 0) is 83.0 Å². The zero-order valence-corrected chi connectivity index (χ0v) is 13.9. The Kier molecular flexibility index (Phi) is 3.08. The minimum absolute atomic E-state index is 0.0256. The summed E-state index contributed by atoms with van der Waals surface area (Å²) in [7, 11) is 0.370. The molecule has 0 amide bonds. The van der Waals surface area contributed by atoms with Crippen molar-refractivity contribution in [3.05, 3.63) is 0 Å². The van der Waals surface area contributed by atoms with Crippen LogP contribution in [0.15, 0.2) is 0 Å². The van der Waals surface area contributed by atoms with Crippen LogP contribution in [-0.4, -0.2) is 22.0 Å². The van der Waals surface area contributed by atoms with Crippen LogP contribution in [0.5, 0.6) is 0 Å². The molecule has 4 bridgehead atoms. The molecule has 20 heavy (non-hydrogen) atoms. The lowest BCUT2D eigenvalue weighted by molar-refractivity contribution is -0.145. The molecule has 2 heteroatoms. The van der Waals surface area contributed by atoms with Crippen molar-refractivity contribution in [1.29, 1.82) is 0 Å². The van der Waals surface area contributed by atoms with Gasteiger partial charge >= 0.3 is 0 Å². The summed E-state index contributed by atoms with van der Waals surface area (Å²) in [6.45, 7) is 4.59. The average Bonchev–Trinajstić information content (AvgIpc) is 2.90. The minimum atomic E-state index is -0.0256. The van der Waals surface area contributed by atoms with Crippen molar-refractivity contribution in [3.8, 4) is 0 Å². The summed E-state index contributed by atoms with van der Waals surface area (Å²) in [5, 5.41) is 0. The van der Waals surface area contributed by atoms with Crippen molar-refractivity contribution < 1.29 is 4.79 Å². The summed E-state index contributed by atoms with van der Waals surface area (Å²) < 4.78 is -0.0256. The zero-order chi connectivity index (χ0) is 14.0. The third-order valence-electron chi connectivity index (χ3n) is 6.82. The van der Waals surface area contributed by atoms with Gasteiger partial charge in [-0.3, -0.25) is 4.79 Å². The van der Waals surface area contributed by atoms with Crippen molar-refractivity contribution in [3.63, 3.8) is 0 Å². The monoisotopic (exact) mass is 293 g/mol. The Labute approximate surface area is 126 Å². The summed E-state index contributed by atoms with van der Waals surface area (Å²) in [6.07, 6.45) is 10.8. The average molecular weight is 293 g/mol. The highest BCUT2D eigenvalue weighted by Crippen LogP contribution is 2.61. The molecule has 5 fully saturated rings. The Balaban J connectivity index is 1.61. The Bertz CT molecular complexity index is 384. The van der Waals surface area contributed by atoms with Gasteiger partial charge in [-0.15, -0.1) is 0 Å². The topological polar surface area (TPSA) is 17.1 Å². The molecule has 4 saturated carbocycles. The smallest absolute Gasteiger partial charge is 0.193 e. The fraction of sp³-hybridized carbons (Fsp3) is 0.944. The summed E-state index contributed by atoms with van der Waals surface area (Å²) >= 11 is 0. The summed E-state index contributed by atoms with van der Waals surface area (Å²) in [5.41, 5.74) is 0.119. The molecular weight excluding hydrogens is 264 g/mol. The molecule has 0 unspecified atom stereocenters. The first-order valence-electron chi connectivity index (χ1n) is 8.72. The van der Waals surface area contributed by atoms with E-state index in [2.05, 4.69) is 13.8 Å². The number of Topliss-reactive ketones (excluding diaryl/α,β-unsaturated/α-hetero) is 1. The highest BCUT2D eigenvalue weighted by Gasteiger charge is 2.61. The van der Waals surface area contributed by atoms with Gasteiger partial charge in [0.25, 0.3) is 0 Å². The molecule has 1 saturated heterocycles. The van der Waals surface area contributed by atoms with Gasteiger partial charge in [-0.1, -0.05) is 0 Å². The van der Waals surface area contributed by atoms with Crippen LogP contribution in [0, 0.1) is 23.2 Å². The molecule has 5 aliphatic rings. The van der Waals surface area contributed by atoms with Crippen molar-refractivity contribution in [2.45, 2.75) is 70.0 Å². The molecule has 4 aliphatic carbocycles. The Morgan fingerprint density at radius 3 is 1.85 bits per heavy atom. The van der Waals surface area contributed by atoms with E-state index < -0.39 is 0 Å². The molecule has 0 aromatic rings. The van der Waals surface area contributed by atoms with E-state index in [1.807, 2.05) is 0 Å². The van der Waals surface area contributed by atoms with Crippen molar-refractivity contribution in [2.24, 2.45) is 23.2 Å². The normalized spacial score (nSPS) is 44.2. The maximum absolute atomic E-state index is 13.5. The molecule has 1 heterocycles. The lowest BCUT2D eigenvalue weighted by Gasteiger charge is -2.56. The SMILES string of the molecule is CC(C)(C(=O)C12CC3CC(CC(C3)C1)C2)[S+]1CCCC1. The molecule has 0 spiro atoms. The lowest BCUT2D eigenvalue weighted by atomic mass is 9.48. The van der Waals surface area contributed by atoms with Gasteiger partial charge in [-0.2, -0.15) is 0 Å². The van der Waals surface area contributed by atoms with Gasteiger partial charge in [0.1, 0.15) is 11.5 Å². The van der Waals surface area contributed by atoms with Gasteiger partial charge in [0, 0.05) is 16.3 Å². The second kappa shape index (κ2) is 4.51. The van der Waals surface area contributed by atoms with E-state index in [0.717, 1.165) is 17.8 Å². The van der Waals surface area contributed by atoms with Crippen LogP contribution < -0.4 is 0 Å². The highest BCUT2D eigenvalue weighted by atomic mass is 32.2. The Morgan fingerprint density at radius 2 is 1.40 bits per heavy atom. The molecule has 0 atom stereocenters. The number of hydrogen-bond acceptors (Lipinski definition) is 1.